The molecule has 658 valence electrons. The van der Waals surface area contributed by atoms with Crippen molar-refractivity contribution in [2.24, 2.45) is 0 Å². The molecule has 2 saturated carbocycles. The molecule has 22 aromatic rings. The molecular weight excluding hydrogens is 1710 g/mol. The van der Waals surface area contributed by atoms with Crippen molar-refractivity contribution < 1.29 is 18.8 Å². The molecule has 3 fully saturated rings. The number of fused-ring (bicyclic) bond motifs is 14. The summed E-state index contributed by atoms with van der Waals surface area (Å²) < 4.78 is 29.5. The standard InChI is InChI=1S/C45H27NS.C40H33BO2.C26H35O2P.C11H6ClNS.CH4/c1-3-11-30-25-32(19-17-28(30)9-1)42-36-14-5-6-15-37(36)43(33-20-18-29-10-2-4-12-31(29)26-33)40-27-34(21-22-38(40)42)44-45-39(23-24-46-44)35-13-7-8-16-41(35)47-45;1-39(2)40(3,4)43-41(42-39)32-21-22-35-36(25-32)38(31-20-18-27-12-6-8-14-29(27)24-31)34-16-10-9-15-33(34)37(35)30-19-17-26-11-5-7-13-28(26)23-30;1-27-23-17-11-18-24(28-2)26(23)22-16-9-10-19-25(22)29(20-12-5-3-6-13-20)21-14-7-4-8-15-21;12-11-10-8(5-6-13-11)7-3-1-2-4-9(7)14-10;/h1-27H;5-25H,1-4H3;9-11,16-21H,3-8,12-15H2,1-2H3;1-6H;1H4. The maximum absolute atomic E-state index is 6.53. The Bertz CT molecular complexity index is 8180. The van der Waals surface area contributed by atoms with Gasteiger partial charge in [-0.1, -0.05) is 357 Å². The first-order chi connectivity index (χ1) is 65.3. The van der Waals surface area contributed by atoms with Crippen molar-refractivity contribution in [3.8, 4) is 78.4 Å². The van der Waals surface area contributed by atoms with Crippen LogP contribution in [0.4, 0.5) is 0 Å². The Morgan fingerprint density at radius 3 is 1.13 bits per heavy atom. The van der Waals surface area contributed by atoms with E-state index in [-0.39, 0.29) is 15.3 Å². The lowest BCUT2D eigenvalue weighted by atomic mass is 9.76. The summed E-state index contributed by atoms with van der Waals surface area (Å²) in [6.07, 6.45) is 17.9. The van der Waals surface area contributed by atoms with Crippen molar-refractivity contribution in [1.82, 2.24) is 9.97 Å². The van der Waals surface area contributed by atoms with Gasteiger partial charge in [-0.05, 0) is 278 Å². The Morgan fingerprint density at radius 2 is 0.679 bits per heavy atom. The fraction of sp³-hybridized carbons (Fsp3) is 0.171. The summed E-state index contributed by atoms with van der Waals surface area (Å²) in [5.41, 5.74) is 16.5. The van der Waals surface area contributed by atoms with Crippen molar-refractivity contribution in [3.63, 3.8) is 0 Å². The average Bonchev–Trinajstić information content (AvgIpc) is 1.27. The zero-order chi connectivity index (χ0) is 89.8. The van der Waals surface area contributed by atoms with Crippen LogP contribution >= 0.6 is 42.2 Å². The highest BCUT2D eigenvalue weighted by molar-refractivity contribution is 7.67. The van der Waals surface area contributed by atoms with Gasteiger partial charge in [-0.3, -0.25) is 4.98 Å². The molecule has 0 bridgehead atoms. The van der Waals surface area contributed by atoms with E-state index in [1.807, 2.05) is 41.8 Å². The molecule has 1 aliphatic heterocycles. The minimum absolute atomic E-state index is 0. The number of rotatable bonds is 12. The third-order valence-electron chi connectivity index (χ3n) is 28.4. The smallest absolute Gasteiger partial charge is 0.494 e. The number of hydrogen-bond donors (Lipinski definition) is 0. The summed E-state index contributed by atoms with van der Waals surface area (Å²) in [5, 5.41) is 27.1. The summed E-state index contributed by atoms with van der Waals surface area (Å²) in [7, 11) is 2.92. The molecule has 0 atom stereocenters. The van der Waals surface area contributed by atoms with Crippen LogP contribution in [-0.2, 0) is 9.31 Å². The number of nitrogens with zero attached hydrogens (tertiary/aromatic N) is 2. The van der Waals surface area contributed by atoms with E-state index in [4.69, 9.17) is 35.4 Å². The number of aromatic nitrogens is 2. The zero-order valence-corrected chi connectivity index (χ0v) is 79.0. The fourth-order valence-corrected chi connectivity index (χ4v) is 27.7. The number of thiophene rings is 2. The van der Waals surface area contributed by atoms with Crippen molar-refractivity contribution in [2.45, 2.75) is 122 Å². The van der Waals surface area contributed by atoms with Gasteiger partial charge in [0, 0.05) is 48.9 Å². The molecule has 25 rings (SSSR count). The van der Waals surface area contributed by atoms with Gasteiger partial charge >= 0.3 is 7.12 Å². The quantitative estimate of drug-likeness (QED) is 0.0526. The number of pyridine rings is 2. The van der Waals surface area contributed by atoms with Crippen molar-refractivity contribution in [3.05, 3.63) is 375 Å². The Labute approximate surface area is 799 Å². The first kappa shape index (κ1) is 87.7. The first-order valence-corrected chi connectivity index (χ1v) is 50.3. The lowest BCUT2D eigenvalue weighted by Gasteiger charge is -2.39. The van der Waals surface area contributed by atoms with Crippen LogP contribution in [0.3, 0.4) is 0 Å². The van der Waals surface area contributed by atoms with E-state index in [1.165, 1.54) is 236 Å². The van der Waals surface area contributed by atoms with Gasteiger partial charge in [0.2, 0.25) is 0 Å². The van der Waals surface area contributed by atoms with Crippen LogP contribution in [0.25, 0.3) is 193 Å². The predicted octanol–water partition coefficient (Wildman–Crippen LogP) is 34.9. The van der Waals surface area contributed by atoms with Crippen LogP contribution in [0.2, 0.25) is 5.15 Å². The van der Waals surface area contributed by atoms with Crippen molar-refractivity contribution >= 4 is 187 Å². The summed E-state index contributed by atoms with van der Waals surface area (Å²) in [6, 6.07) is 130. The molecule has 0 amide bonds. The highest BCUT2D eigenvalue weighted by Crippen LogP contribution is 2.58. The van der Waals surface area contributed by atoms with Gasteiger partial charge in [0.1, 0.15) is 16.7 Å². The van der Waals surface area contributed by atoms with Gasteiger partial charge in [0.05, 0.1) is 46.1 Å². The third kappa shape index (κ3) is 16.5. The normalized spacial score (nSPS) is 14.5. The van der Waals surface area contributed by atoms with Crippen LogP contribution in [0.15, 0.2) is 370 Å². The number of methoxy groups -OCH3 is 2. The van der Waals surface area contributed by atoms with E-state index < -0.39 is 18.3 Å². The van der Waals surface area contributed by atoms with E-state index in [9.17, 15) is 0 Å². The van der Waals surface area contributed by atoms with Gasteiger partial charge in [-0.2, -0.15) is 0 Å². The van der Waals surface area contributed by atoms with Gasteiger partial charge < -0.3 is 18.8 Å². The van der Waals surface area contributed by atoms with E-state index in [0.717, 1.165) is 49.8 Å². The minimum atomic E-state index is -0.436. The van der Waals surface area contributed by atoms with Crippen molar-refractivity contribution in [1.29, 1.82) is 0 Å². The van der Waals surface area contributed by atoms with E-state index in [2.05, 4.69) is 366 Å². The molecule has 1 saturated heterocycles. The lowest BCUT2D eigenvalue weighted by Crippen LogP contribution is -2.41. The van der Waals surface area contributed by atoms with Gasteiger partial charge in [0.15, 0.2) is 0 Å². The topological polar surface area (TPSA) is 62.7 Å². The second-order valence-electron chi connectivity index (χ2n) is 36.7. The summed E-state index contributed by atoms with van der Waals surface area (Å²) in [4.78, 5) is 9.09. The Balaban J connectivity index is 0.000000114. The van der Waals surface area contributed by atoms with Crippen LogP contribution < -0.4 is 20.2 Å². The second-order valence-corrected chi connectivity index (χ2v) is 42.0. The minimum Gasteiger partial charge on any atom is -0.496 e. The number of benzene rings is 18. The first-order valence-electron chi connectivity index (χ1n) is 46.8. The predicted molar refractivity (Wildman–Crippen MR) is 581 cm³/mol. The SMILES string of the molecule is C.CC1(C)OB(c2ccc3c(-c4ccc5ccccc5c4)c4ccccc4c(-c4ccc5ccccc5c4)c3c2)OC1(C)C.COc1cccc(OC)c1-c1ccccc1P(C1CCCCC1)C1CCCCC1.Clc1nccc2c1sc1ccccc12.c1ccc2cc(-c3c4ccccc4c(-c4ccc5ccccc5c4)c4cc(-c5nccc6c5sc5ccccc56)ccc34)ccc2c1. The number of hydrogen-bond acceptors (Lipinski definition) is 8. The molecule has 11 heteroatoms. The molecule has 3 aliphatic rings. The molecule has 4 aromatic heterocycles. The van der Waals surface area contributed by atoms with E-state index in [0.29, 0.717) is 5.15 Å². The van der Waals surface area contributed by atoms with E-state index >= 15 is 0 Å². The Kier molecular flexibility index (Phi) is 24.6. The van der Waals surface area contributed by atoms with E-state index in [1.54, 1.807) is 37.1 Å². The molecule has 0 spiro atoms. The van der Waals surface area contributed by atoms with Crippen LogP contribution in [0.1, 0.15) is 99.3 Å². The Morgan fingerprint density at radius 1 is 0.321 bits per heavy atom. The second kappa shape index (κ2) is 37.5. The zero-order valence-electron chi connectivity index (χ0n) is 75.7. The lowest BCUT2D eigenvalue weighted by molar-refractivity contribution is 0.00578. The highest BCUT2D eigenvalue weighted by atomic mass is 35.5. The number of halogens is 1. The largest absolute Gasteiger partial charge is 0.496 e. The molecule has 5 heterocycles. The van der Waals surface area contributed by atoms with Gasteiger partial charge in [-0.25, -0.2) is 4.98 Å². The van der Waals surface area contributed by atoms with Crippen LogP contribution in [0.5, 0.6) is 11.5 Å². The molecule has 0 unspecified atom stereocenters. The monoisotopic (exact) mass is 1810 g/mol. The average molecular weight is 1820 g/mol. The highest BCUT2D eigenvalue weighted by Gasteiger charge is 2.52. The molecule has 18 aromatic carbocycles. The fourth-order valence-electron chi connectivity index (χ4n) is 21.2. The third-order valence-corrected chi connectivity index (χ3v) is 34.7. The molecule has 2 aliphatic carbocycles. The molecular formula is C123H105BClN2O4PS2. The summed E-state index contributed by atoms with van der Waals surface area (Å²) >= 11 is 9.55. The summed E-state index contributed by atoms with van der Waals surface area (Å²) in [6.45, 7) is 8.44. The number of ether oxygens (including phenoxy) is 2. The van der Waals surface area contributed by atoms with Crippen LogP contribution in [-0.4, -0.2) is 53.8 Å². The molecule has 6 nitrogen and oxygen atoms in total. The van der Waals surface area contributed by atoms with Crippen LogP contribution in [0, 0.1) is 0 Å². The molecule has 134 heavy (non-hydrogen) atoms. The van der Waals surface area contributed by atoms with Gasteiger partial charge in [-0.15, -0.1) is 22.7 Å². The Hall–Kier alpha value is -12.9. The maximum Gasteiger partial charge on any atom is 0.494 e. The maximum atomic E-state index is 6.53. The van der Waals surface area contributed by atoms with Gasteiger partial charge in [0.25, 0.3) is 0 Å². The summed E-state index contributed by atoms with van der Waals surface area (Å²) in [5.74, 6) is 1.83. The van der Waals surface area contributed by atoms with Crippen molar-refractivity contribution in [2.75, 3.05) is 14.2 Å². The molecule has 0 radical (unpaired) electrons. The molecule has 0 N–H and O–H groups in total.